The van der Waals surface area contributed by atoms with Crippen LogP contribution in [0.5, 0.6) is 0 Å². The highest BCUT2D eigenvalue weighted by atomic mass is 32.2. The molecule has 3 aliphatic rings. The molecule has 0 unspecified atom stereocenters. The van der Waals surface area contributed by atoms with Gasteiger partial charge in [-0.15, -0.1) is 0 Å². The normalized spacial score (nSPS) is 23.7. The number of amides is 3. The van der Waals surface area contributed by atoms with Crippen LogP contribution in [0.25, 0.3) is 0 Å². The minimum absolute atomic E-state index is 0.0271. The smallest absolute Gasteiger partial charge is 0.320 e. The first-order valence-corrected chi connectivity index (χ1v) is 11.8. The zero-order valence-electron chi connectivity index (χ0n) is 16.4. The van der Waals surface area contributed by atoms with Crippen molar-refractivity contribution < 1.29 is 22.4 Å². The van der Waals surface area contributed by atoms with Gasteiger partial charge in [-0.1, -0.05) is 6.07 Å². The van der Waals surface area contributed by atoms with Gasteiger partial charge in [0.15, 0.2) is 9.84 Å². The van der Waals surface area contributed by atoms with Gasteiger partial charge in [-0.3, -0.25) is 4.79 Å². The van der Waals surface area contributed by atoms with Crippen LogP contribution in [0.4, 0.5) is 9.18 Å². The second-order valence-corrected chi connectivity index (χ2v) is 11.0. The largest absolute Gasteiger partial charge is 0.369 e. The molecule has 2 N–H and O–H groups in total. The van der Waals surface area contributed by atoms with Crippen LogP contribution in [-0.4, -0.2) is 62.6 Å². The second-order valence-electron chi connectivity index (χ2n) is 8.98. The zero-order chi connectivity index (χ0) is 21.0. The highest BCUT2D eigenvalue weighted by Crippen LogP contribution is 2.53. The van der Waals surface area contributed by atoms with Gasteiger partial charge in [0.25, 0.3) is 0 Å². The Bertz CT molecular complexity index is 950. The Morgan fingerprint density at radius 3 is 2.52 bits per heavy atom. The summed E-state index contributed by atoms with van der Waals surface area (Å²) in [5.74, 6) is -0.810. The molecule has 29 heavy (non-hydrogen) atoms. The molecule has 1 saturated carbocycles. The molecule has 1 spiro atoms. The lowest BCUT2D eigenvalue weighted by atomic mass is 9.56. The maximum absolute atomic E-state index is 13.5. The molecule has 1 aromatic carbocycles. The van der Waals surface area contributed by atoms with Crippen LogP contribution in [0.1, 0.15) is 24.8 Å². The van der Waals surface area contributed by atoms with Crippen molar-refractivity contribution in [3.63, 3.8) is 0 Å². The highest BCUT2D eigenvalue weighted by molar-refractivity contribution is 7.90. The number of carbonyl (C=O) groups excluding carboxylic acids is 2. The van der Waals surface area contributed by atoms with E-state index in [0.29, 0.717) is 50.5 Å². The minimum atomic E-state index is -3.48. The first-order valence-electron chi connectivity index (χ1n) is 9.88. The lowest BCUT2D eigenvalue weighted by Crippen LogP contribution is -2.65. The van der Waals surface area contributed by atoms with Crippen LogP contribution in [0, 0.1) is 23.1 Å². The van der Waals surface area contributed by atoms with Crippen molar-refractivity contribution in [1.29, 1.82) is 0 Å². The summed E-state index contributed by atoms with van der Waals surface area (Å²) in [6.45, 7) is 2.36. The number of urea groups is 1. The third-order valence-corrected chi connectivity index (χ3v) is 7.74. The summed E-state index contributed by atoms with van der Waals surface area (Å²) < 4.78 is 37.4. The quantitative estimate of drug-likeness (QED) is 0.791. The molecule has 2 aliphatic heterocycles. The number of nitrogens with two attached hydrogens (primary N) is 1. The number of likely N-dealkylation sites (tertiary alicyclic amines) is 2. The molecule has 1 atom stereocenters. The Hall–Kier alpha value is -2.16. The number of benzene rings is 1. The van der Waals surface area contributed by atoms with Crippen molar-refractivity contribution >= 4 is 21.8 Å². The predicted octanol–water partition coefficient (Wildman–Crippen LogP) is 1.41. The fourth-order valence-electron chi connectivity index (χ4n) is 5.19. The lowest BCUT2D eigenvalue weighted by Gasteiger charge is -2.59. The number of primary amides is 1. The van der Waals surface area contributed by atoms with Crippen LogP contribution >= 0.6 is 0 Å². The molecular weight excluding hydrogens is 397 g/mol. The predicted molar refractivity (Wildman–Crippen MR) is 104 cm³/mol. The van der Waals surface area contributed by atoms with Gasteiger partial charge in [-0.05, 0) is 49.3 Å². The van der Waals surface area contributed by atoms with Crippen LogP contribution in [0.15, 0.2) is 23.1 Å². The Morgan fingerprint density at radius 2 is 1.93 bits per heavy atom. The maximum atomic E-state index is 13.5. The highest BCUT2D eigenvalue weighted by Gasteiger charge is 2.54. The lowest BCUT2D eigenvalue weighted by molar-refractivity contribution is -0.121. The van der Waals surface area contributed by atoms with E-state index in [0.717, 1.165) is 25.2 Å². The van der Waals surface area contributed by atoms with Crippen molar-refractivity contribution in [2.45, 2.75) is 30.6 Å². The van der Waals surface area contributed by atoms with Gasteiger partial charge >= 0.3 is 6.03 Å². The van der Waals surface area contributed by atoms with Crippen LogP contribution in [0.3, 0.4) is 0 Å². The average molecular weight is 424 g/mol. The van der Waals surface area contributed by atoms with E-state index in [-0.39, 0.29) is 28.2 Å². The molecule has 2 saturated heterocycles. The fourth-order valence-corrected chi connectivity index (χ4v) is 6.14. The van der Waals surface area contributed by atoms with E-state index in [2.05, 4.69) is 0 Å². The third-order valence-electron chi connectivity index (χ3n) is 6.56. The summed E-state index contributed by atoms with van der Waals surface area (Å²) in [5.41, 5.74) is 6.11. The molecule has 0 bridgehead atoms. The molecule has 4 rings (SSSR count). The Labute approximate surface area is 169 Å². The van der Waals surface area contributed by atoms with Crippen LogP contribution < -0.4 is 5.73 Å². The van der Waals surface area contributed by atoms with Crippen molar-refractivity contribution in [3.8, 4) is 0 Å². The number of rotatable bonds is 4. The van der Waals surface area contributed by atoms with Crippen molar-refractivity contribution in [1.82, 2.24) is 9.80 Å². The Kier molecular flexibility index (Phi) is 4.83. The van der Waals surface area contributed by atoms with E-state index >= 15 is 0 Å². The molecule has 0 radical (unpaired) electrons. The van der Waals surface area contributed by atoms with E-state index in [9.17, 15) is 22.4 Å². The first kappa shape index (κ1) is 20.1. The molecule has 7 nitrogen and oxygen atoms in total. The molecule has 3 fully saturated rings. The minimum Gasteiger partial charge on any atom is -0.369 e. The van der Waals surface area contributed by atoms with E-state index in [1.165, 1.54) is 6.07 Å². The van der Waals surface area contributed by atoms with E-state index in [4.69, 9.17) is 5.73 Å². The molecule has 3 amide bonds. The number of hydrogen-bond acceptors (Lipinski definition) is 4. The van der Waals surface area contributed by atoms with Gasteiger partial charge in [0.05, 0.1) is 10.8 Å². The molecular formula is C20H26FN3O4S. The summed E-state index contributed by atoms with van der Waals surface area (Å²) in [4.78, 5) is 27.5. The summed E-state index contributed by atoms with van der Waals surface area (Å²) in [7, 11) is -3.48. The van der Waals surface area contributed by atoms with Crippen molar-refractivity contribution in [2.24, 2.45) is 23.0 Å². The molecule has 158 valence electrons. The molecule has 9 heteroatoms. The number of halogens is 1. The van der Waals surface area contributed by atoms with E-state index < -0.39 is 15.7 Å². The van der Waals surface area contributed by atoms with Crippen LogP contribution in [0.2, 0.25) is 0 Å². The van der Waals surface area contributed by atoms with Crippen LogP contribution in [-0.2, 0) is 21.1 Å². The first-order chi connectivity index (χ1) is 13.6. The van der Waals surface area contributed by atoms with Gasteiger partial charge in [0.2, 0.25) is 5.91 Å². The summed E-state index contributed by atoms with van der Waals surface area (Å²) in [6.07, 6.45) is 4.19. The van der Waals surface area contributed by atoms with E-state index in [1.54, 1.807) is 11.0 Å². The molecule has 0 aromatic heterocycles. The average Bonchev–Trinajstić information content (AvgIpc) is 3.06. The Morgan fingerprint density at radius 1 is 1.24 bits per heavy atom. The third kappa shape index (κ3) is 3.84. The zero-order valence-corrected chi connectivity index (χ0v) is 17.3. The van der Waals surface area contributed by atoms with Crippen molar-refractivity contribution in [3.05, 3.63) is 29.6 Å². The topological polar surface area (TPSA) is 101 Å². The van der Waals surface area contributed by atoms with Gasteiger partial charge < -0.3 is 15.5 Å². The fraction of sp³-hybridized carbons (Fsp3) is 0.600. The van der Waals surface area contributed by atoms with E-state index in [1.807, 2.05) is 4.90 Å². The SMILES string of the molecule is CS(=O)(=O)c1cc(F)ccc1CC1CC2(C1)CN(C(=O)N1CC[C@H](C(N)=O)C1)C2. The maximum Gasteiger partial charge on any atom is 0.320 e. The monoisotopic (exact) mass is 423 g/mol. The number of carbonyl (C=O) groups is 2. The number of sulfone groups is 1. The number of nitrogens with zero attached hydrogens (tertiary/aromatic N) is 2. The molecule has 2 heterocycles. The summed E-state index contributed by atoms with van der Waals surface area (Å²) >= 11 is 0. The van der Waals surface area contributed by atoms with Gasteiger partial charge in [-0.25, -0.2) is 17.6 Å². The van der Waals surface area contributed by atoms with Gasteiger partial charge in [0.1, 0.15) is 5.82 Å². The van der Waals surface area contributed by atoms with Gasteiger partial charge in [-0.2, -0.15) is 0 Å². The summed E-state index contributed by atoms with van der Waals surface area (Å²) in [6, 6.07) is 3.94. The van der Waals surface area contributed by atoms with Gasteiger partial charge in [0, 0.05) is 37.8 Å². The second kappa shape index (κ2) is 6.97. The molecule has 1 aliphatic carbocycles. The number of hydrogen-bond donors (Lipinski definition) is 1. The van der Waals surface area contributed by atoms with Crippen molar-refractivity contribution in [2.75, 3.05) is 32.4 Å². The summed E-state index contributed by atoms with van der Waals surface area (Å²) in [5, 5.41) is 0. The molecule has 1 aromatic rings. The standard InChI is InChI=1S/C20H26FN3O4S/c1-29(27,28)17-7-16(21)3-2-14(17)6-13-8-20(9-13)11-24(12-20)19(26)23-5-4-15(10-23)18(22)25/h2-3,7,13,15H,4-6,8-12H2,1H3,(H2,22,25)/t15-/m0/s1. The Balaban J connectivity index is 1.30.